The summed E-state index contributed by atoms with van der Waals surface area (Å²) in [7, 11) is 0. The molecule has 1 heterocycles. The van der Waals surface area contributed by atoms with Crippen LogP contribution >= 0.6 is 0 Å². The molecule has 0 spiro atoms. The molecular weight excluding hydrogens is 314 g/mol. The predicted octanol–water partition coefficient (Wildman–Crippen LogP) is 4.06. The summed E-state index contributed by atoms with van der Waals surface area (Å²) in [6.45, 7) is 12.9. The van der Waals surface area contributed by atoms with Crippen LogP contribution in [0.3, 0.4) is 0 Å². The molecule has 4 nitrogen and oxygen atoms in total. The van der Waals surface area contributed by atoms with Gasteiger partial charge in [0.25, 0.3) is 0 Å². The second-order valence-electron chi connectivity index (χ2n) is 6.97. The largest absolute Gasteiger partial charge is 0.459 e. The fourth-order valence-corrected chi connectivity index (χ4v) is 2.82. The molecule has 0 unspecified atom stereocenters. The summed E-state index contributed by atoms with van der Waals surface area (Å²) in [5, 5.41) is 0. The van der Waals surface area contributed by atoms with Crippen molar-refractivity contribution in [1.29, 1.82) is 0 Å². The number of benzene rings is 1. The Morgan fingerprint density at radius 2 is 2.00 bits per heavy atom. The number of amides is 1. The van der Waals surface area contributed by atoms with Gasteiger partial charge in [0.2, 0.25) is 5.91 Å². The molecule has 0 aromatic heterocycles. The van der Waals surface area contributed by atoms with Gasteiger partial charge in [0.1, 0.15) is 12.1 Å². The Balaban J connectivity index is 2.30. The zero-order valence-corrected chi connectivity index (χ0v) is 15.2. The molecule has 1 amide bonds. The number of hydrogen-bond donors (Lipinski definition) is 0. The van der Waals surface area contributed by atoms with Gasteiger partial charge in [-0.1, -0.05) is 37.5 Å². The first-order valence-corrected chi connectivity index (χ1v) is 8.36. The molecule has 0 N–H and O–H groups in total. The summed E-state index contributed by atoms with van der Waals surface area (Å²) in [5.41, 5.74) is 3.22. The molecule has 0 saturated heterocycles. The summed E-state index contributed by atoms with van der Waals surface area (Å²) in [6, 6.07) is 5.85. The van der Waals surface area contributed by atoms with Crippen LogP contribution in [-0.4, -0.2) is 24.0 Å². The molecule has 1 aromatic rings. The minimum absolute atomic E-state index is 0.0586. The Morgan fingerprint density at radius 1 is 1.28 bits per heavy atom. The molecule has 0 saturated carbocycles. The molecule has 0 aliphatic carbocycles. The third-order valence-corrected chi connectivity index (χ3v) is 3.84. The number of fused-ring (bicyclic) bond motifs is 1. The molecule has 1 aliphatic heterocycles. The Bertz CT molecular complexity index is 738. The molecular formula is C21H25NO3. The van der Waals surface area contributed by atoms with Crippen molar-refractivity contribution in [3.63, 3.8) is 0 Å². The maximum absolute atomic E-state index is 12.3. The Kier molecular flexibility index (Phi) is 5.62. The highest BCUT2D eigenvalue weighted by molar-refractivity contribution is 6.00. The van der Waals surface area contributed by atoms with Crippen LogP contribution in [0.2, 0.25) is 0 Å². The van der Waals surface area contributed by atoms with Gasteiger partial charge in [-0.25, -0.2) is 0 Å². The van der Waals surface area contributed by atoms with Gasteiger partial charge in [0, 0.05) is 12.1 Å². The average Bonchev–Trinajstić information content (AvgIpc) is 2.53. The molecule has 1 aromatic carbocycles. The van der Waals surface area contributed by atoms with Gasteiger partial charge in [0.15, 0.2) is 0 Å². The number of ether oxygens (including phenoxy) is 1. The molecule has 2 rings (SSSR count). The summed E-state index contributed by atoms with van der Waals surface area (Å²) < 4.78 is 5.35. The van der Waals surface area contributed by atoms with Crippen molar-refractivity contribution in [2.24, 2.45) is 0 Å². The first-order valence-electron chi connectivity index (χ1n) is 8.36. The maximum Gasteiger partial charge on any atom is 0.326 e. The minimum atomic E-state index is -0.572. The lowest BCUT2D eigenvalue weighted by Crippen LogP contribution is -2.41. The van der Waals surface area contributed by atoms with Crippen molar-refractivity contribution >= 4 is 23.1 Å². The highest BCUT2D eigenvalue weighted by Gasteiger charge is 2.28. The third-order valence-electron chi connectivity index (χ3n) is 3.84. The lowest BCUT2D eigenvalue weighted by Gasteiger charge is -2.30. The zero-order valence-electron chi connectivity index (χ0n) is 15.2. The third kappa shape index (κ3) is 4.69. The second-order valence-corrected chi connectivity index (χ2v) is 6.97. The van der Waals surface area contributed by atoms with Crippen LogP contribution in [0.4, 0.5) is 5.69 Å². The van der Waals surface area contributed by atoms with Crippen LogP contribution in [-0.2, 0) is 20.7 Å². The Hall–Kier alpha value is -2.62. The van der Waals surface area contributed by atoms with E-state index in [4.69, 9.17) is 4.74 Å². The van der Waals surface area contributed by atoms with Crippen LogP contribution in [0.25, 0.3) is 5.57 Å². The van der Waals surface area contributed by atoms with Gasteiger partial charge >= 0.3 is 5.97 Å². The highest BCUT2D eigenvalue weighted by atomic mass is 16.6. The van der Waals surface area contributed by atoms with Crippen LogP contribution in [0.15, 0.2) is 49.6 Å². The number of rotatable bonds is 5. The van der Waals surface area contributed by atoms with E-state index in [0.29, 0.717) is 12.8 Å². The van der Waals surface area contributed by atoms with E-state index in [-0.39, 0.29) is 12.5 Å². The normalized spacial score (nSPS) is 14.8. The number of carbonyl (C=O) groups is 2. The first-order chi connectivity index (χ1) is 11.7. The number of carbonyl (C=O) groups excluding carboxylic acids is 2. The van der Waals surface area contributed by atoms with E-state index < -0.39 is 11.6 Å². The fraction of sp³-hybridized carbons (Fsp3) is 0.333. The average molecular weight is 339 g/mol. The van der Waals surface area contributed by atoms with E-state index in [1.807, 2.05) is 45.0 Å². The standard InChI is InChI=1S/C21H25NO3/c1-6-8-15(7-2)16-9-11-18-17(13-16)10-12-19(23)22(18)14-20(24)25-21(3,4)5/h6-9,11,13H,1-2,10,12,14H2,3-5H3. The van der Waals surface area contributed by atoms with Crippen LogP contribution < -0.4 is 4.90 Å². The number of anilines is 1. The molecule has 0 bridgehead atoms. The van der Waals surface area contributed by atoms with E-state index >= 15 is 0 Å². The van der Waals surface area contributed by atoms with Gasteiger partial charge in [-0.15, -0.1) is 0 Å². The van der Waals surface area contributed by atoms with Crippen molar-refractivity contribution < 1.29 is 14.3 Å². The number of allylic oxidation sites excluding steroid dienone is 4. The summed E-state index contributed by atoms with van der Waals surface area (Å²) >= 11 is 0. The van der Waals surface area contributed by atoms with E-state index in [9.17, 15) is 9.59 Å². The quantitative estimate of drug-likeness (QED) is 0.600. The van der Waals surface area contributed by atoms with Crippen LogP contribution in [0.1, 0.15) is 38.3 Å². The minimum Gasteiger partial charge on any atom is -0.459 e. The number of hydrogen-bond acceptors (Lipinski definition) is 3. The van der Waals surface area contributed by atoms with Gasteiger partial charge in [-0.3, -0.25) is 9.59 Å². The summed E-state index contributed by atoms with van der Waals surface area (Å²) in [6.07, 6.45) is 6.42. The van der Waals surface area contributed by atoms with Crippen LogP contribution in [0.5, 0.6) is 0 Å². The molecule has 1 aliphatic rings. The number of nitrogens with zero attached hydrogens (tertiary/aromatic N) is 1. The van der Waals surface area contributed by atoms with E-state index in [1.165, 1.54) is 4.90 Å². The van der Waals surface area contributed by atoms with E-state index in [0.717, 1.165) is 22.4 Å². The SMILES string of the molecule is C=CC=C(C=C)c1ccc2c(c1)CCC(=O)N2CC(=O)OC(C)(C)C. The second kappa shape index (κ2) is 7.51. The zero-order chi connectivity index (χ0) is 18.6. The van der Waals surface area contributed by atoms with Crippen molar-refractivity contribution in [2.75, 3.05) is 11.4 Å². The Morgan fingerprint density at radius 3 is 2.60 bits per heavy atom. The smallest absolute Gasteiger partial charge is 0.326 e. The molecule has 25 heavy (non-hydrogen) atoms. The van der Waals surface area contributed by atoms with Gasteiger partial charge < -0.3 is 9.64 Å². The Labute approximate surface area is 149 Å². The molecule has 4 heteroatoms. The highest BCUT2D eigenvalue weighted by Crippen LogP contribution is 2.31. The topological polar surface area (TPSA) is 46.6 Å². The fourth-order valence-electron chi connectivity index (χ4n) is 2.82. The molecule has 0 atom stereocenters. The van der Waals surface area contributed by atoms with E-state index in [1.54, 1.807) is 12.2 Å². The molecule has 132 valence electrons. The van der Waals surface area contributed by atoms with Crippen molar-refractivity contribution in [3.8, 4) is 0 Å². The molecule has 0 fully saturated rings. The van der Waals surface area contributed by atoms with Gasteiger partial charge in [-0.2, -0.15) is 0 Å². The summed E-state index contributed by atoms with van der Waals surface area (Å²) in [4.78, 5) is 26.0. The maximum atomic E-state index is 12.3. The van der Waals surface area contributed by atoms with Crippen molar-refractivity contribution in [1.82, 2.24) is 0 Å². The first kappa shape index (κ1) is 18.7. The molecule has 0 radical (unpaired) electrons. The van der Waals surface area contributed by atoms with Crippen molar-refractivity contribution in [3.05, 3.63) is 60.7 Å². The van der Waals surface area contributed by atoms with E-state index in [2.05, 4.69) is 13.2 Å². The lowest BCUT2D eigenvalue weighted by molar-refractivity contribution is -0.153. The monoisotopic (exact) mass is 339 g/mol. The number of esters is 1. The van der Waals surface area contributed by atoms with Gasteiger partial charge in [0.05, 0.1) is 0 Å². The lowest BCUT2D eigenvalue weighted by atomic mass is 9.95. The predicted molar refractivity (Wildman–Crippen MR) is 101 cm³/mol. The van der Waals surface area contributed by atoms with Gasteiger partial charge in [-0.05, 0) is 56.0 Å². The van der Waals surface area contributed by atoms with Crippen molar-refractivity contribution in [2.45, 2.75) is 39.2 Å². The number of aryl methyl sites for hydroxylation is 1. The summed E-state index contributed by atoms with van der Waals surface area (Å²) in [5.74, 6) is -0.465. The van der Waals surface area contributed by atoms with Crippen LogP contribution in [0, 0.1) is 0 Å².